The van der Waals surface area contributed by atoms with Crippen molar-refractivity contribution in [2.45, 2.75) is 20.3 Å². The second-order valence-electron chi connectivity index (χ2n) is 2.63. The Morgan fingerprint density at radius 1 is 1.50 bits per heavy atom. The summed E-state index contributed by atoms with van der Waals surface area (Å²) >= 11 is 3.46. The molecule has 1 aromatic carbocycles. The monoisotopic (exact) mass is 225 g/mol. The molecule has 1 rings (SSSR count). The van der Waals surface area contributed by atoms with E-state index in [1.54, 1.807) is 0 Å². The van der Waals surface area contributed by atoms with Gasteiger partial charge in [-0.1, -0.05) is 19.1 Å². The average Bonchev–Trinajstić information content (AvgIpc) is 2.04. The van der Waals surface area contributed by atoms with Gasteiger partial charge in [-0.2, -0.15) is 0 Å². The van der Waals surface area contributed by atoms with Gasteiger partial charge in [-0.05, 0) is 40.9 Å². The van der Waals surface area contributed by atoms with Gasteiger partial charge in [0.25, 0.3) is 0 Å². The molecule has 0 unspecified atom stereocenters. The fraction of sp³-hybridized carbons (Fsp3) is 0.300. The number of hydrogen-bond donors (Lipinski definition) is 0. The number of hydrogen-bond acceptors (Lipinski definition) is 1. The van der Waals surface area contributed by atoms with Gasteiger partial charge in [0.1, 0.15) is 0 Å². The van der Waals surface area contributed by atoms with E-state index in [1.807, 2.05) is 18.3 Å². The highest BCUT2D eigenvalue weighted by molar-refractivity contribution is 9.10. The Morgan fingerprint density at radius 2 is 2.25 bits per heavy atom. The van der Waals surface area contributed by atoms with Crippen LogP contribution in [0.5, 0.6) is 0 Å². The van der Waals surface area contributed by atoms with Crippen LogP contribution >= 0.6 is 15.9 Å². The van der Waals surface area contributed by atoms with Crippen molar-refractivity contribution < 1.29 is 0 Å². The van der Waals surface area contributed by atoms with E-state index in [0.717, 1.165) is 16.6 Å². The molecule has 0 atom stereocenters. The van der Waals surface area contributed by atoms with Crippen molar-refractivity contribution in [3.63, 3.8) is 0 Å². The number of aliphatic imine (C=N–C) groups is 1. The minimum atomic E-state index is 0.973. The fourth-order valence-electron chi connectivity index (χ4n) is 0.969. The van der Waals surface area contributed by atoms with Gasteiger partial charge in [0, 0.05) is 10.7 Å². The largest absolute Gasteiger partial charge is 0.260 e. The highest BCUT2D eigenvalue weighted by atomic mass is 79.9. The summed E-state index contributed by atoms with van der Waals surface area (Å²) in [5.74, 6) is 0. The smallest absolute Gasteiger partial charge is 0.0796 e. The molecule has 0 aliphatic carbocycles. The average molecular weight is 226 g/mol. The molecule has 0 amide bonds. The molecule has 0 N–H and O–H groups in total. The number of halogens is 1. The molecule has 0 aliphatic heterocycles. The van der Waals surface area contributed by atoms with Crippen molar-refractivity contribution in [3.8, 4) is 0 Å². The molecule has 0 heterocycles. The molecule has 0 saturated heterocycles. The van der Waals surface area contributed by atoms with Crippen molar-refractivity contribution in [2.24, 2.45) is 4.99 Å². The van der Waals surface area contributed by atoms with E-state index in [9.17, 15) is 0 Å². The molecule has 0 fully saturated rings. The minimum Gasteiger partial charge on any atom is -0.260 e. The van der Waals surface area contributed by atoms with Crippen LogP contribution < -0.4 is 0 Å². The Hall–Kier alpha value is -0.630. The normalized spacial score (nSPS) is 10.9. The third kappa shape index (κ3) is 2.18. The van der Waals surface area contributed by atoms with Crippen molar-refractivity contribution >= 4 is 27.8 Å². The van der Waals surface area contributed by atoms with Crippen LogP contribution in [-0.4, -0.2) is 6.21 Å². The number of para-hydroxylation sites is 1. The van der Waals surface area contributed by atoms with Gasteiger partial charge < -0.3 is 0 Å². The summed E-state index contributed by atoms with van der Waals surface area (Å²) < 4.78 is 1.06. The first-order valence-corrected chi connectivity index (χ1v) is 4.82. The predicted octanol–water partition coefficient (Wildman–Crippen LogP) is 3.87. The Morgan fingerprint density at radius 3 is 2.83 bits per heavy atom. The van der Waals surface area contributed by atoms with E-state index in [-0.39, 0.29) is 0 Å². The molecule has 0 aliphatic rings. The van der Waals surface area contributed by atoms with Crippen LogP contribution in [0.3, 0.4) is 0 Å². The zero-order valence-electron chi connectivity index (χ0n) is 7.34. The molecular weight excluding hydrogens is 214 g/mol. The van der Waals surface area contributed by atoms with Gasteiger partial charge >= 0.3 is 0 Å². The van der Waals surface area contributed by atoms with E-state index in [1.165, 1.54) is 5.56 Å². The lowest BCUT2D eigenvalue weighted by molar-refractivity contribution is 1.30. The first-order chi connectivity index (χ1) is 5.75. The fourth-order valence-corrected chi connectivity index (χ4v) is 1.54. The van der Waals surface area contributed by atoms with Gasteiger partial charge in [0.15, 0.2) is 0 Å². The van der Waals surface area contributed by atoms with Crippen molar-refractivity contribution in [2.75, 3.05) is 0 Å². The number of benzene rings is 1. The summed E-state index contributed by atoms with van der Waals surface area (Å²) in [7, 11) is 0. The summed E-state index contributed by atoms with van der Waals surface area (Å²) in [6.45, 7) is 4.14. The lowest BCUT2D eigenvalue weighted by Crippen LogP contribution is -1.76. The third-order valence-electron chi connectivity index (χ3n) is 1.59. The first-order valence-electron chi connectivity index (χ1n) is 4.03. The maximum Gasteiger partial charge on any atom is 0.0796 e. The number of rotatable bonds is 2. The maximum atomic E-state index is 4.35. The summed E-state index contributed by atoms with van der Waals surface area (Å²) in [4.78, 5) is 4.35. The van der Waals surface area contributed by atoms with Crippen molar-refractivity contribution in [1.29, 1.82) is 0 Å². The number of nitrogens with zero attached hydrogens (tertiary/aromatic N) is 1. The van der Waals surface area contributed by atoms with Gasteiger partial charge in [-0.3, -0.25) is 4.99 Å². The van der Waals surface area contributed by atoms with Crippen LogP contribution in [0.25, 0.3) is 0 Å². The SMILES string of the molecule is CCC=Nc1c(C)cccc1Br. The Balaban J connectivity index is 3.04. The van der Waals surface area contributed by atoms with E-state index in [2.05, 4.69) is 40.8 Å². The molecule has 2 heteroatoms. The maximum absolute atomic E-state index is 4.35. The lowest BCUT2D eigenvalue weighted by atomic mass is 10.2. The molecule has 0 saturated carbocycles. The van der Waals surface area contributed by atoms with Crippen LogP contribution in [0, 0.1) is 6.92 Å². The van der Waals surface area contributed by atoms with E-state index in [4.69, 9.17) is 0 Å². The second kappa shape index (κ2) is 4.41. The molecule has 12 heavy (non-hydrogen) atoms. The van der Waals surface area contributed by atoms with Crippen molar-refractivity contribution in [1.82, 2.24) is 0 Å². The summed E-state index contributed by atoms with van der Waals surface area (Å²) in [5, 5.41) is 0. The van der Waals surface area contributed by atoms with Gasteiger partial charge in [-0.15, -0.1) is 0 Å². The topological polar surface area (TPSA) is 12.4 Å². The molecule has 0 radical (unpaired) electrons. The van der Waals surface area contributed by atoms with Crippen LogP contribution in [-0.2, 0) is 0 Å². The molecule has 0 bridgehead atoms. The standard InChI is InChI=1S/C10H12BrN/c1-3-7-12-10-8(2)5-4-6-9(10)11/h4-7H,3H2,1-2H3. The van der Waals surface area contributed by atoms with Crippen LogP contribution in [0.15, 0.2) is 27.7 Å². The van der Waals surface area contributed by atoms with Crippen LogP contribution in [0.2, 0.25) is 0 Å². The first kappa shape index (κ1) is 9.46. The quantitative estimate of drug-likeness (QED) is 0.678. The Bertz CT molecular complexity index is 272. The molecule has 64 valence electrons. The second-order valence-corrected chi connectivity index (χ2v) is 3.48. The van der Waals surface area contributed by atoms with Crippen LogP contribution in [0.1, 0.15) is 18.9 Å². The van der Waals surface area contributed by atoms with E-state index >= 15 is 0 Å². The zero-order chi connectivity index (χ0) is 8.97. The highest BCUT2D eigenvalue weighted by Crippen LogP contribution is 2.28. The van der Waals surface area contributed by atoms with Gasteiger partial charge in [0.05, 0.1) is 5.69 Å². The molecular formula is C10H12BrN. The Kier molecular flexibility index (Phi) is 3.48. The molecule has 1 aromatic rings. The molecule has 0 aromatic heterocycles. The van der Waals surface area contributed by atoms with Crippen molar-refractivity contribution in [3.05, 3.63) is 28.2 Å². The zero-order valence-corrected chi connectivity index (χ0v) is 8.93. The van der Waals surface area contributed by atoms with Crippen LogP contribution in [0.4, 0.5) is 5.69 Å². The molecule has 0 spiro atoms. The summed E-state index contributed by atoms with van der Waals surface area (Å²) in [5.41, 5.74) is 2.24. The van der Waals surface area contributed by atoms with E-state index < -0.39 is 0 Å². The summed E-state index contributed by atoms with van der Waals surface area (Å²) in [6, 6.07) is 6.09. The number of aryl methyl sites for hydroxylation is 1. The molecule has 1 nitrogen and oxygen atoms in total. The van der Waals surface area contributed by atoms with Gasteiger partial charge in [-0.25, -0.2) is 0 Å². The lowest BCUT2D eigenvalue weighted by Gasteiger charge is -2.01. The third-order valence-corrected chi connectivity index (χ3v) is 2.23. The predicted molar refractivity (Wildman–Crippen MR) is 57.3 cm³/mol. The minimum absolute atomic E-state index is 0.973. The Labute approximate surface area is 81.7 Å². The highest BCUT2D eigenvalue weighted by Gasteiger charge is 1.98. The van der Waals surface area contributed by atoms with Gasteiger partial charge in [0.2, 0.25) is 0 Å². The van der Waals surface area contributed by atoms with E-state index in [0.29, 0.717) is 0 Å². The summed E-state index contributed by atoms with van der Waals surface area (Å²) in [6.07, 6.45) is 2.90.